The highest BCUT2D eigenvalue weighted by Crippen LogP contribution is 2.21. The van der Waals surface area contributed by atoms with Crippen LogP contribution in [0, 0.1) is 11.6 Å². The third-order valence-electron chi connectivity index (χ3n) is 5.03. The molecular formula is C25H20ClF2N3O6. The highest BCUT2D eigenvalue weighted by atomic mass is 35.5. The molecule has 3 aromatic carbocycles. The van der Waals surface area contributed by atoms with Gasteiger partial charge in [0.25, 0.3) is 17.7 Å². The number of nitrogens with zero attached hydrogens (tertiary/aromatic N) is 1. The first kappa shape index (κ1) is 27.2. The number of phenolic OH excluding ortho intramolecular Hbond substituents is 1. The SMILES string of the molecule is C[C@H](NN(C(=O)c1cc(F)cc(F)c1)C(=O)c1ccc(C(=O)NCc2cccc(O)c2)cc1Cl)C(=O)O. The zero-order valence-corrected chi connectivity index (χ0v) is 19.9. The summed E-state index contributed by atoms with van der Waals surface area (Å²) in [4.78, 5) is 50.0. The van der Waals surface area contributed by atoms with Gasteiger partial charge in [0.2, 0.25) is 0 Å². The van der Waals surface area contributed by atoms with E-state index in [-0.39, 0.29) is 33.5 Å². The van der Waals surface area contributed by atoms with Gasteiger partial charge >= 0.3 is 5.97 Å². The molecule has 0 aliphatic heterocycles. The Balaban J connectivity index is 1.85. The van der Waals surface area contributed by atoms with Gasteiger partial charge in [0.15, 0.2) is 0 Å². The summed E-state index contributed by atoms with van der Waals surface area (Å²) in [5.41, 5.74) is 2.04. The molecule has 0 unspecified atom stereocenters. The van der Waals surface area contributed by atoms with Crippen molar-refractivity contribution in [3.05, 3.63) is 99.6 Å². The number of carboxylic acid groups (broad SMARTS) is 1. The summed E-state index contributed by atoms with van der Waals surface area (Å²) in [6.45, 7) is 1.23. The number of aliphatic carboxylic acids is 1. The monoisotopic (exact) mass is 531 g/mol. The lowest BCUT2D eigenvalue weighted by atomic mass is 10.1. The van der Waals surface area contributed by atoms with Gasteiger partial charge in [-0.1, -0.05) is 23.7 Å². The Bertz CT molecular complexity index is 1360. The number of benzene rings is 3. The van der Waals surface area contributed by atoms with Crippen LogP contribution in [0.3, 0.4) is 0 Å². The molecule has 3 aromatic rings. The molecule has 0 aliphatic rings. The van der Waals surface area contributed by atoms with Crippen LogP contribution in [-0.2, 0) is 11.3 Å². The van der Waals surface area contributed by atoms with Crippen LogP contribution in [0.5, 0.6) is 5.75 Å². The molecule has 0 aliphatic carbocycles. The fourth-order valence-corrected chi connectivity index (χ4v) is 3.43. The first-order valence-electron chi connectivity index (χ1n) is 10.7. The Morgan fingerprint density at radius 1 is 0.946 bits per heavy atom. The van der Waals surface area contributed by atoms with Crippen LogP contribution < -0.4 is 10.7 Å². The molecule has 0 saturated heterocycles. The molecule has 0 aromatic heterocycles. The lowest BCUT2D eigenvalue weighted by Gasteiger charge is -2.24. The fraction of sp³-hybridized carbons (Fsp3) is 0.120. The molecular weight excluding hydrogens is 512 g/mol. The van der Waals surface area contributed by atoms with Gasteiger partial charge in [-0.3, -0.25) is 19.2 Å². The summed E-state index contributed by atoms with van der Waals surface area (Å²) in [6, 6.07) is 10.2. The first-order chi connectivity index (χ1) is 17.5. The van der Waals surface area contributed by atoms with Crippen LogP contribution in [0.1, 0.15) is 43.6 Å². The van der Waals surface area contributed by atoms with Crippen molar-refractivity contribution in [3.8, 4) is 5.75 Å². The summed E-state index contributed by atoms with van der Waals surface area (Å²) in [5.74, 6) is -6.46. The van der Waals surface area contributed by atoms with Gasteiger partial charge in [-0.2, -0.15) is 0 Å². The second kappa shape index (κ2) is 11.6. The molecule has 12 heteroatoms. The van der Waals surface area contributed by atoms with E-state index in [1.54, 1.807) is 12.1 Å². The average molecular weight is 532 g/mol. The number of nitrogens with one attached hydrogen (secondary N) is 2. The number of aromatic hydroxyl groups is 1. The minimum Gasteiger partial charge on any atom is -0.508 e. The Morgan fingerprint density at radius 3 is 2.22 bits per heavy atom. The Hall–Kier alpha value is -4.35. The zero-order valence-electron chi connectivity index (χ0n) is 19.2. The van der Waals surface area contributed by atoms with E-state index in [1.807, 2.05) is 0 Å². The summed E-state index contributed by atoms with van der Waals surface area (Å²) < 4.78 is 27.3. The molecule has 192 valence electrons. The van der Waals surface area contributed by atoms with E-state index in [0.717, 1.165) is 19.1 Å². The van der Waals surface area contributed by atoms with E-state index < -0.39 is 46.9 Å². The maximum absolute atomic E-state index is 13.7. The Morgan fingerprint density at radius 2 is 1.62 bits per heavy atom. The molecule has 37 heavy (non-hydrogen) atoms. The third kappa shape index (κ3) is 6.87. The van der Waals surface area contributed by atoms with E-state index in [1.165, 1.54) is 18.2 Å². The smallest absolute Gasteiger partial charge is 0.322 e. The third-order valence-corrected chi connectivity index (χ3v) is 5.35. The van der Waals surface area contributed by atoms with Crippen molar-refractivity contribution in [2.24, 2.45) is 0 Å². The van der Waals surface area contributed by atoms with Gasteiger partial charge in [0, 0.05) is 23.7 Å². The minimum atomic E-state index is -1.45. The number of carboxylic acids is 1. The molecule has 3 amide bonds. The molecule has 0 heterocycles. The molecule has 9 nitrogen and oxygen atoms in total. The fourth-order valence-electron chi connectivity index (χ4n) is 3.17. The summed E-state index contributed by atoms with van der Waals surface area (Å²) in [7, 11) is 0. The van der Waals surface area contributed by atoms with Gasteiger partial charge in [0.1, 0.15) is 23.4 Å². The van der Waals surface area contributed by atoms with Gasteiger partial charge in [-0.05, 0) is 55.0 Å². The lowest BCUT2D eigenvalue weighted by molar-refractivity contribution is -0.139. The number of phenols is 1. The normalized spacial score (nSPS) is 11.5. The first-order valence-corrected chi connectivity index (χ1v) is 11.0. The molecule has 3 rings (SSSR count). The van der Waals surface area contributed by atoms with Crippen LogP contribution >= 0.6 is 11.6 Å². The number of imide groups is 1. The van der Waals surface area contributed by atoms with E-state index in [0.29, 0.717) is 23.8 Å². The quantitative estimate of drug-likeness (QED) is 0.258. The van der Waals surface area contributed by atoms with Gasteiger partial charge in [-0.15, -0.1) is 0 Å². The summed E-state index contributed by atoms with van der Waals surface area (Å²) in [6.07, 6.45) is 0. The molecule has 0 spiro atoms. The van der Waals surface area contributed by atoms with Gasteiger partial charge in [-0.25, -0.2) is 19.2 Å². The number of carbonyl (C=O) groups excluding carboxylic acids is 3. The highest BCUT2D eigenvalue weighted by Gasteiger charge is 2.30. The van der Waals surface area contributed by atoms with Crippen LogP contribution in [0.25, 0.3) is 0 Å². The second-order valence-electron chi connectivity index (χ2n) is 7.84. The molecule has 0 fully saturated rings. The average Bonchev–Trinajstić information content (AvgIpc) is 2.84. The van der Waals surface area contributed by atoms with Crippen molar-refractivity contribution in [1.82, 2.24) is 15.8 Å². The molecule has 0 bridgehead atoms. The molecule has 4 N–H and O–H groups in total. The summed E-state index contributed by atoms with van der Waals surface area (Å²) >= 11 is 6.21. The van der Waals surface area contributed by atoms with Crippen molar-refractivity contribution in [2.75, 3.05) is 0 Å². The highest BCUT2D eigenvalue weighted by molar-refractivity contribution is 6.34. The van der Waals surface area contributed by atoms with Crippen molar-refractivity contribution in [2.45, 2.75) is 19.5 Å². The maximum Gasteiger partial charge on any atom is 0.322 e. The Labute approximate surface area is 214 Å². The van der Waals surface area contributed by atoms with E-state index in [2.05, 4.69) is 10.7 Å². The van der Waals surface area contributed by atoms with Gasteiger partial charge < -0.3 is 15.5 Å². The number of hydrogen-bond acceptors (Lipinski definition) is 6. The number of hydrazine groups is 1. The number of hydrogen-bond donors (Lipinski definition) is 4. The topological polar surface area (TPSA) is 136 Å². The molecule has 0 radical (unpaired) electrons. The van der Waals surface area contributed by atoms with Crippen molar-refractivity contribution in [1.29, 1.82) is 0 Å². The largest absolute Gasteiger partial charge is 0.508 e. The van der Waals surface area contributed by atoms with Crippen molar-refractivity contribution < 1.29 is 38.2 Å². The van der Waals surface area contributed by atoms with Crippen LogP contribution in [0.4, 0.5) is 8.78 Å². The number of carbonyl (C=O) groups is 4. The predicted molar refractivity (Wildman–Crippen MR) is 128 cm³/mol. The number of amides is 3. The van der Waals surface area contributed by atoms with Crippen molar-refractivity contribution in [3.63, 3.8) is 0 Å². The number of rotatable bonds is 8. The maximum atomic E-state index is 13.7. The summed E-state index contributed by atoms with van der Waals surface area (Å²) in [5, 5.41) is 21.4. The van der Waals surface area contributed by atoms with E-state index >= 15 is 0 Å². The number of halogens is 3. The van der Waals surface area contributed by atoms with Gasteiger partial charge in [0.05, 0.1) is 10.6 Å². The Kier molecular flexibility index (Phi) is 8.53. The van der Waals surface area contributed by atoms with Crippen LogP contribution in [0.15, 0.2) is 60.7 Å². The molecule has 0 saturated carbocycles. The van der Waals surface area contributed by atoms with E-state index in [4.69, 9.17) is 11.6 Å². The molecule has 1 atom stereocenters. The second-order valence-corrected chi connectivity index (χ2v) is 8.25. The minimum absolute atomic E-state index is 0.0311. The standard InChI is InChI=1S/C25H20ClF2N3O6/c1-13(25(36)37)30-31(23(34)16-8-17(27)11-18(28)9-16)24(35)20-6-5-15(10-21(20)26)22(33)29-12-14-3-2-4-19(32)7-14/h2-11,13,30,32H,12H2,1H3,(H,29,33)(H,36,37)/t13-/m0/s1. The zero-order chi connectivity index (χ0) is 27.3. The lowest BCUT2D eigenvalue weighted by Crippen LogP contribution is -2.53. The van der Waals surface area contributed by atoms with Crippen LogP contribution in [-0.4, -0.2) is 45.0 Å². The van der Waals surface area contributed by atoms with Crippen molar-refractivity contribution >= 4 is 35.3 Å². The predicted octanol–water partition coefficient (Wildman–Crippen LogP) is 3.51. The van der Waals surface area contributed by atoms with E-state index in [9.17, 15) is 38.2 Å². The van der Waals surface area contributed by atoms with Crippen LogP contribution in [0.2, 0.25) is 5.02 Å².